The summed E-state index contributed by atoms with van der Waals surface area (Å²) in [6.07, 6.45) is -0.499. The molecule has 1 heterocycles. The Morgan fingerprint density at radius 1 is 1.50 bits per heavy atom. The van der Waals surface area contributed by atoms with Crippen molar-refractivity contribution in [2.75, 3.05) is 19.7 Å². The molecule has 0 bridgehead atoms. The molecule has 0 saturated carbocycles. The number of morpholine rings is 1. The van der Waals surface area contributed by atoms with Crippen molar-refractivity contribution >= 4 is 34.5 Å². The molecule has 1 atom stereocenters. The molecule has 0 aromatic heterocycles. The number of halogens is 1. The van der Waals surface area contributed by atoms with Gasteiger partial charge in [-0.15, -0.1) is 0 Å². The van der Waals surface area contributed by atoms with Gasteiger partial charge in [-0.05, 0) is 41.1 Å². The summed E-state index contributed by atoms with van der Waals surface area (Å²) in [5.74, 6) is -0.957. The maximum atomic E-state index is 12.6. The largest absolute Gasteiger partial charge is 0.481 e. The third-order valence-electron chi connectivity index (χ3n) is 3.26. The first-order valence-electron chi connectivity index (χ1n) is 6.37. The van der Waals surface area contributed by atoms with E-state index in [9.17, 15) is 9.59 Å². The van der Waals surface area contributed by atoms with Crippen molar-refractivity contribution in [3.8, 4) is 0 Å². The minimum atomic E-state index is -0.908. The number of hydrogen-bond acceptors (Lipinski definition) is 3. The zero-order chi connectivity index (χ0) is 14.7. The van der Waals surface area contributed by atoms with E-state index >= 15 is 0 Å². The van der Waals surface area contributed by atoms with Gasteiger partial charge in [0.25, 0.3) is 5.91 Å². The Labute approximate surface area is 131 Å². The fraction of sp³-hybridized carbons (Fsp3) is 0.429. The lowest BCUT2D eigenvalue weighted by Gasteiger charge is -2.32. The van der Waals surface area contributed by atoms with Gasteiger partial charge in [-0.1, -0.05) is 12.1 Å². The molecular weight excluding hydrogens is 373 g/mol. The molecule has 2 rings (SSSR count). The van der Waals surface area contributed by atoms with E-state index in [1.165, 1.54) is 0 Å². The number of rotatable bonds is 3. The van der Waals surface area contributed by atoms with Gasteiger partial charge in [0.1, 0.15) is 0 Å². The SMILES string of the molecule is Cc1cccc(I)c1C(=O)N1CCOC(CC(=O)O)C1. The number of benzene rings is 1. The first kappa shape index (κ1) is 15.2. The van der Waals surface area contributed by atoms with Crippen molar-refractivity contribution in [1.29, 1.82) is 0 Å². The van der Waals surface area contributed by atoms with Gasteiger partial charge < -0.3 is 14.7 Å². The van der Waals surface area contributed by atoms with Crippen LogP contribution in [0.2, 0.25) is 0 Å². The molecule has 0 aliphatic carbocycles. The van der Waals surface area contributed by atoms with E-state index in [-0.39, 0.29) is 12.3 Å². The number of hydrogen-bond donors (Lipinski definition) is 1. The van der Waals surface area contributed by atoms with Crippen LogP contribution in [0.3, 0.4) is 0 Å². The summed E-state index contributed by atoms with van der Waals surface area (Å²) in [5.41, 5.74) is 1.63. The molecule has 5 nitrogen and oxygen atoms in total. The van der Waals surface area contributed by atoms with Crippen LogP contribution in [-0.2, 0) is 9.53 Å². The summed E-state index contributed by atoms with van der Waals surface area (Å²) in [4.78, 5) is 25.0. The summed E-state index contributed by atoms with van der Waals surface area (Å²) in [5, 5.41) is 8.81. The second-order valence-corrected chi connectivity index (χ2v) is 5.94. The summed E-state index contributed by atoms with van der Waals surface area (Å²) < 4.78 is 6.30. The summed E-state index contributed by atoms with van der Waals surface area (Å²) in [6, 6.07) is 5.72. The molecule has 6 heteroatoms. The third kappa shape index (κ3) is 3.49. The Bertz CT molecular complexity index is 512. The average molecular weight is 389 g/mol. The molecule has 1 fully saturated rings. The van der Waals surface area contributed by atoms with Crippen LogP contribution in [0.1, 0.15) is 22.3 Å². The lowest BCUT2D eigenvalue weighted by atomic mass is 10.1. The van der Waals surface area contributed by atoms with Crippen molar-refractivity contribution in [3.05, 3.63) is 32.9 Å². The lowest BCUT2D eigenvalue weighted by molar-refractivity contribution is -0.141. The van der Waals surface area contributed by atoms with Crippen LogP contribution >= 0.6 is 22.6 Å². The van der Waals surface area contributed by atoms with E-state index in [4.69, 9.17) is 9.84 Å². The monoisotopic (exact) mass is 389 g/mol. The number of carboxylic acid groups (broad SMARTS) is 1. The highest BCUT2D eigenvalue weighted by atomic mass is 127. The van der Waals surface area contributed by atoms with E-state index in [2.05, 4.69) is 22.6 Å². The molecule has 1 aromatic rings. The van der Waals surface area contributed by atoms with E-state index in [1.54, 1.807) is 4.90 Å². The predicted molar refractivity (Wildman–Crippen MR) is 81.8 cm³/mol. The minimum Gasteiger partial charge on any atom is -0.481 e. The number of ether oxygens (including phenoxy) is 1. The zero-order valence-electron chi connectivity index (χ0n) is 11.1. The normalized spacial score (nSPS) is 18.9. The number of amides is 1. The maximum Gasteiger partial charge on any atom is 0.306 e. The van der Waals surface area contributed by atoms with Gasteiger partial charge in [0.15, 0.2) is 0 Å². The minimum absolute atomic E-state index is 0.0498. The van der Waals surface area contributed by atoms with Crippen molar-refractivity contribution in [2.45, 2.75) is 19.4 Å². The summed E-state index contributed by atoms with van der Waals surface area (Å²) in [6.45, 7) is 3.12. The van der Waals surface area contributed by atoms with Crippen LogP contribution in [0.25, 0.3) is 0 Å². The highest BCUT2D eigenvalue weighted by Gasteiger charge is 2.28. The number of carboxylic acids is 1. The number of carbonyl (C=O) groups is 2. The number of carbonyl (C=O) groups excluding carboxylic acids is 1. The molecule has 1 amide bonds. The standard InChI is InChI=1S/C14H16INO4/c1-9-3-2-4-11(15)13(9)14(19)16-5-6-20-10(8-16)7-12(17)18/h2-4,10H,5-8H2,1H3,(H,17,18). The zero-order valence-corrected chi connectivity index (χ0v) is 13.3. The Hall–Kier alpha value is -1.15. The quantitative estimate of drug-likeness (QED) is 0.803. The predicted octanol–water partition coefficient (Wildman–Crippen LogP) is 1.92. The van der Waals surface area contributed by atoms with E-state index in [0.717, 1.165) is 9.13 Å². The molecule has 1 N–H and O–H groups in total. The molecule has 1 aliphatic heterocycles. The van der Waals surface area contributed by atoms with E-state index < -0.39 is 12.1 Å². The Kier molecular flexibility index (Phi) is 4.98. The first-order chi connectivity index (χ1) is 9.49. The molecule has 1 unspecified atom stereocenters. The van der Waals surface area contributed by atoms with Gasteiger partial charge in [0.05, 0.1) is 24.7 Å². The van der Waals surface area contributed by atoms with Crippen molar-refractivity contribution in [1.82, 2.24) is 4.90 Å². The molecule has 0 radical (unpaired) electrons. The van der Waals surface area contributed by atoms with Gasteiger partial charge in [-0.2, -0.15) is 0 Å². The van der Waals surface area contributed by atoms with Gasteiger partial charge in [0, 0.05) is 16.7 Å². The van der Waals surface area contributed by atoms with Gasteiger partial charge in [-0.3, -0.25) is 9.59 Å². The second kappa shape index (κ2) is 6.53. The van der Waals surface area contributed by atoms with E-state index in [0.29, 0.717) is 25.3 Å². The highest BCUT2D eigenvalue weighted by Crippen LogP contribution is 2.20. The summed E-state index contributed by atoms with van der Waals surface area (Å²) in [7, 11) is 0. The van der Waals surface area contributed by atoms with Crippen molar-refractivity contribution in [2.24, 2.45) is 0 Å². The topological polar surface area (TPSA) is 66.8 Å². The average Bonchev–Trinajstić information content (AvgIpc) is 2.38. The first-order valence-corrected chi connectivity index (χ1v) is 7.44. The van der Waals surface area contributed by atoms with Gasteiger partial charge in [0.2, 0.25) is 0 Å². The summed E-state index contributed by atoms with van der Waals surface area (Å²) >= 11 is 2.15. The molecule has 1 aliphatic rings. The third-order valence-corrected chi connectivity index (χ3v) is 4.16. The maximum absolute atomic E-state index is 12.6. The highest BCUT2D eigenvalue weighted by molar-refractivity contribution is 14.1. The Morgan fingerprint density at radius 2 is 2.25 bits per heavy atom. The van der Waals surface area contributed by atoms with Crippen LogP contribution in [0, 0.1) is 10.5 Å². The van der Waals surface area contributed by atoms with Gasteiger partial charge >= 0.3 is 5.97 Å². The van der Waals surface area contributed by atoms with E-state index in [1.807, 2.05) is 25.1 Å². The number of aliphatic carboxylic acids is 1. The van der Waals surface area contributed by atoms with Crippen LogP contribution in [0.15, 0.2) is 18.2 Å². The second-order valence-electron chi connectivity index (χ2n) is 4.77. The van der Waals surface area contributed by atoms with Crippen LogP contribution in [-0.4, -0.2) is 47.7 Å². The number of aryl methyl sites for hydroxylation is 1. The molecule has 1 aromatic carbocycles. The fourth-order valence-corrected chi connectivity index (χ4v) is 3.15. The fourth-order valence-electron chi connectivity index (χ4n) is 2.28. The Morgan fingerprint density at radius 3 is 2.90 bits per heavy atom. The number of nitrogens with zero attached hydrogens (tertiary/aromatic N) is 1. The van der Waals surface area contributed by atoms with Crippen LogP contribution < -0.4 is 0 Å². The molecule has 0 spiro atoms. The lowest BCUT2D eigenvalue weighted by Crippen LogP contribution is -2.46. The van der Waals surface area contributed by atoms with Gasteiger partial charge in [-0.25, -0.2) is 0 Å². The molecule has 20 heavy (non-hydrogen) atoms. The van der Waals surface area contributed by atoms with Crippen molar-refractivity contribution in [3.63, 3.8) is 0 Å². The molecule has 108 valence electrons. The smallest absolute Gasteiger partial charge is 0.306 e. The van der Waals surface area contributed by atoms with Crippen LogP contribution in [0.5, 0.6) is 0 Å². The van der Waals surface area contributed by atoms with Crippen LogP contribution in [0.4, 0.5) is 0 Å². The molecular formula is C14H16INO4. The molecule has 1 saturated heterocycles. The Balaban J connectivity index is 2.14. The van der Waals surface area contributed by atoms with Crippen molar-refractivity contribution < 1.29 is 19.4 Å².